The van der Waals surface area contributed by atoms with E-state index in [1.54, 1.807) is 13.8 Å². The van der Waals surface area contributed by atoms with Crippen LogP contribution in [0.2, 0.25) is 0 Å². The van der Waals surface area contributed by atoms with E-state index in [1.807, 2.05) is 0 Å². The highest BCUT2D eigenvalue weighted by molar-refractivity contribution is 5.57. The van der Waals surface area contributed by atoms with Gasteiger partial charge in [-0.25, -0.2) is 0 Å². The van der Waals surface area contributed by atoms with E-state index in [0.29, 0.717) is 0 Å². The van der Waals surface area contributed by atoms with Crippen LogP contribution in [0.1, 0.15) is 25.5 Å². The van der Waals surface area contributed by atoms with Gasteiger partial charge >= 0.3 is 5.69 Å². The van der Waals surface area contributed by atoms with Crippen LogP contribution in [0, 0.1) is 15.5 Å². The standard InChI is InChI=1S/C11H16N2O5/c1-11(2,5-14)10(12)6-3-7(13(17)18)9(16)8(15)4-6/h3-4,10,14-16H,5,12H2,1-2H3/t10-/m1/s1. The second kappa shape index (κ2) is 4.79. The van der Waals surface area contributed by atoms with Crippen LogP contribution in [-0.4, -0.2) is 26.8 Å². The number of aromatic hydroxyl groups is 2. The second-order valence-electron chi connectivity index (χ2n) is 4.79. The molecule has 0 fully saturated rings. The number of nitrogens with zero attached hydrogens (tertiary/aromatic N) is 1. The van der Waals surface area contributed by atoms with Crippen LogP contribution in [0.25, 0.3) is 0 Å². The SMILES string of the molecule is CC(C)(CO)[C@H](N)c1cc(O)c(O)c([N+](=O)[O-])c1. The van der Waals surface area contributed by atoms with Crippen molar-refractivity contribution in [1.82, 2.24) is 0 Å². The van der Waals surface area contributed by atoms with Crippen LogP contribution in [0.3, 0.4) is 0 Å². The molecule has 0 saturated heterocycles. The number of nitrogens with two attached hydrogens (primary N) is 1. The van der Waals surface area contributed by atoms with E-state index in [4.69, 9.17) is 5.73 Å². The fourth-order valence-electron chi connectivity index (χ4n) is 1.49. The molecule has 0 aliphatic heterocycles. The third-order valence-electron chi connectivity index (χ3n) is 2.90. The van der Waals surface area contributed by atoms with Gasteiger partial charge in [-0.1, -0.05) is 13.8 Å². The molecule has 0 aliphatic rings. The van der Waals surface area contributed by atoms with Crippen LogP contribution in [0.15, 0.2) is 12.1 Å². The normalized spacial score (nSPS) is 13.3. The molecule has 7 heteroatoms. The predicted octanol–water partition coefficient (Wildman–Crippen LogP) is 1.02. The smallest absolute Gasteiger partial charge is 0.314 e. The van der Waals surface area contributed by atoms with Crippen molar-refractivity contribution in [1.29, 1.82) is 0 Å². The summed E-state index contributed by atoms with van der Waals surface area (Å²) in [6, 6.07) is 1.54. The molecule has 0 aromatic heterocycles. The molecule has 0 spiro atoms. The molecule has 0 saturated carbocycles. The molecule has 18 heavy (non-hydrogen) atoms. The Morgan fingerprint density at radius 1 is 1.44 bits per heavy atom. The van der Waals surface area contributed by atoms with Crippen LogP contribution in [-0.2, 0) is 0 Å². The van der Waals surface area contributed by atoms with Crippen molar-refractivity contribution in [3.8, 4) is 11.5 Å². The third-order valence-corrected chi connectivity index (χ3v) is 2.90. The summed E-state index contributed by atoms with van der Waals surface area (Å²) < 4.78 is 0. The maximum Gasteiger partial charge on any atom is 0.314 e. The summed E-state index contributed by atoms with van der Waals surface area (Å²) in [5.41, 5.74) is 4.84. The quantitative estimate of drug-likeness (QED) is 0.361. The zero-order valence-electron chi connectivity index (χ0n) is 10.1. The summed E-state index contributed by atoms with van der Waals surface area (Å²) in [5, 5.41) is 38.7. The Hall–Kier alpha value is -1.86. The molecule has 7 nitrogen and oxygen atoms in total. The van der Waals surface area contributed by atoms with Crippen LogP contribution < -0.4 is 5.73 Å². The molecule has 1 aromatic carbocycles. The molecule has 0 amide bonds. The summed E-state index contributed by atoms with van der Waals surface area (Å²) >= 11 is 0. The van der Waals surface area contributed by atoms with Gasteiger partial charge in [0, 0.05) is 24.1 Å². The summed E-state index contributed by atoms with van der Waals surface area (Å²) in [7, 11) is 0. The number of hydrogen-bond acceptors (Lipinski definition) is 6. The minimum absolute atomic E-state index is 0.219. The zero-order valence-corrected chi connectivity index (χ0v) is 10.1. The molecular formula is C11H16N2O5. The van der Waals surface area contributed by atoms with Gasteiger partial charge in [0.1, 0.15) is 0 Å². The average molecular weight is 256 g/mol. The summed E-state index contributed by atoms with van der Waals surface area (Å²) in [5.74, 6) is -1.40. The second-order valence-corrected chi connectivity index (χ2v) is 4.79. The molecule has 5 N–H and O–H groups in total. The molecule has 0 aliphatic carbocycles. The molecule has 1 aromatic rings. The topological polar surface area (TPSA) is 130 Å². The van der Waals surface area contributed by atoms with Gasteiger partial charge in [-0.05, 0) is 11.6 Å². The lowest BCUT2D eigenvalue weighted by Crippen LogP contribution is -2.32. The van der Waals surface area contributed by atoms with E-state index in [2.05, 4.69) is 0 Å². The fraction of sp³-hybridized carbons (Fsp3) is 0.455. The van der Waals surface area contributed by atoms with Gasteiger partial charge in [-0.3, -0.25) is 10.1 Å². The first kappa shape index (κ1) is 14.2. The van der Waals surface area contributed by atoms with Crippen molar-refractivity contribution in [2.24, 2.45) is 11.1 Å². The van der Waals surface area contributed by atoms with E-state index in [0.717, 1.165) is 12.1 Å². The number of benzene rings is 1. The largest absolute Gasteiger partial charge is 0.504 e. The number of phenolic OH excluding ortho intramolecular Hbond substituents is 2. The molecule has 0 radical (unpaired) electrons. The first-order valence-corrected chi connectivity index (χ1v) is 5.27. The first-order chi connectivity index (χ1) is 8.20. The van der Waals surface area contributed by atoms with Crippen LogP contribution in [0.4, 0.5) is 5.69 Å². The Bertz CT molecular complexity index is 473. The number of nitro groups is 1. The van der Waals surface area contributed by atoms with Crippen molar-refractivity contribution >= 4 is 5.69 Å². The average Bonchev–Trinajstić information content (AvgIpc) is 2.31. The Morgan fingerprint density at radius 3 is 2.44 bits per heavy atom. The molecule has 100 valence electrons. The number of nitro benzene ring substituents is 1. The lowest BCUT2D eigenvalue weighted by molar-refractivity contribution is -0.386. The number of aliphatic hydroxyl groups excluding tert-OH is 1. The zero-order chi connectivity index (χ0) is 14.1. The first-order valence-electron chi connectivity index (χ1n) is 5.27. The van der Waals surface area contributed by atoms with Gasteiger partial charge in [0.15, 0.2) is 5.75 Å². The highest BCUT2D eigenvalue weighted by Crippen LogP contribution is 2.40. The van der Waals surface area contributed by atoms with Crippen molar-refractivity contribution in [3.05, 3.63) is 27.8 Å². The number of rotatable bonds is 4. The Labute approximate surface area is 104 Å². The molecular weight excluding hydrogens is 240 g/mol. The Kier molecular flexibility index (Phi) is 3.78. The number of aliphatic hydroxyl groups is 1. The molecule has 0 unspecified atom stereocenters. The lowest BCUT2D eigenvalue weighted by atomic mass is 9.81. The Morgan fingerprint density at radius 2 is 2.00 bits per heavy atom. The van der Waals surface area contributed by atoms with Gasteiger partial charge in [-0.15, -0.1) is 0 Å². The minimum Gasteiger partial charge on any atom is -0.504 e. The van der Waals surface area contributed by atoms with E-state index in [9.17, 15) is 25.4 Å². The van der Waals surface area contributed by atoms with Gasteiger partial charge in [0.25, 0.3) is 0 Å². The number of phenols is 2. The molecule has 1 rings (SSSR count). The highest BCUT2D eigenvalue weighted by Gasteiger charge is 2.30. The minimum atomic E-state index is -0.808. The van der Waals surface area contributed by atoms with E-state index in [-0.39, 0.29) is 12.2 Å². The fourth-order valence-corrected chi connectivity index (χ4v) is 1.49. The van der Waals surface area contributed by atoms with Crippen molar-refractivity contribution in [2.75, 3.05) is 6.61 Å². The van der Waals surface area contributed by atoms with Crippen molar-refractivity contribution < 1.29 is 20.2 Å². The third kappa shape index (κ3) is 2.52. The maximum atomic E-state index is 10.7. The molecule has 0 bridgehead atoms. The summed E-state index contributed by atoms with van der Waals surface area (Å²) in [6.45, 7) is 3.16. The van der Waals surface area contributed by atoms with Crippen LogP contribution in [0.5, 0.6) is 11.5 Å². The summed E-state index contributed by atoms with van der Waals surface area (Å²) in [4.78, 5) is 9.90. The van der Waals surface area contributed by atoms with Gasteiger partial charge in [0.05, 0.1) is 4.92 Å². The summed E-state index contributed by atoms with van der Waals surface area (Å²) in [6.07, 6.45) is 0. The van der Waals surface area contributed by atoms with E-state index >= 15 is 0 Å². The highest BCUT2D eigenvalue weighted by atomic mass is 16.6. The number of hydrogen-bond donors (Lipinski definition) is 4. The molecule has 1 atom stereocenters. The lowest BCUT2D eigenvalue weighted by Gasteiger charge is -2.29. The molecule has 0 heterocycles. The Balaban J connectivity index is 3.31. The van der Waals surface area contributed by atoms with Gasteiger partial charge in [-0.2, -0.15) is 0 Å². The van der Waals surface area contributed by atoms with Crippen molar-refractivity contribution in [2.45, 2.75) is 19.9 Å². The van der Waals surface area contributed by atoms with E-state index in [1.165, 1.54) is 0 Å². The van der Waals surface area contributed by atoms with Crippen molar-refractivity contribution in [3.63, 3.8) is 0 Å². The van der Waals surface area contributed by atoms with Gasteiger partial charge in [0.2, 0.25) is 5.75 Å². The van der Waals surface area contributed by atoms with Crippen LogP contribution >= 0.6 is 0 Å². The van der Waals surface area contributed by atoms with E-state index < -0.39 is 33.6 Å². The van der Waals surface area contributed by atoms with Gasteiger partial charge < -0.3 is 21.1 Å². The monoisotopic (exact) mass is 256 g/mol. The predicted molar refractivity (Wildman–Crippen MR) is 64.2 cm³/mol. The maximum absolute atomic E-state index is 10.7.